The van der Waals surface area contributed by atoms with Crippen molar-refractivity contribution in [1.82, 2.24) is 5.32 Å². The van der Waals surface area contributed by atoms with Crippen LogP contribution in [0.5, 0.6) is 5.75 Å². The maximum absolute atomic E-state index is 10.9. The minimum Gasteiger partial charge on any atom is -0.491 e. The molecule has 5 nitrogen and oxygen atoms in total. The lowest BCUT2D eigenvalue weighted by Gasteiger charge is -2.15. The Balaban J connectivity index is 2.76. The van der Waals surface area contributed by atoms with Crippen LogP contribution in [0.25, 0.3) is 0 Å². The fraction of sp³-hybridized carbons (Fsp3) is 0.500. The van der Waals surface area contributed by atoms with Crippen molar-refractivity contribution < 1.29 is 18.8 Å². The molecule has 1 amide bonds. The molecule has 106 valence electrons. The van der Waals surface area contributed by atoms with E-state index in [2.05, 4.69) is 10.6 Å². The highest BCUT2D eigenvalue weighted by Crippen LogP contribution is 2.15. The van der Waals surface area contributed by atoms with Crippen LogP contribution in [0.4, 0.5) is 5.69 Å². The normalized spacial score (nSPS) is 17.0. The summed E-state index contributed by atoms with van der Waals surface area (Å²) in [6.07, 6.45) is -2.45. The summed E-state index contributed by atoms with van der Waals surface area (Å²) in [6, 6.07) is 6.00. The number of nitrogens with one attached hydrogen (secondary N) is 2. The number of anilines is 1. The maximum Gasteiger partial charge on any atom is 0.221 e. The summed E-state index contributed by atoms with van der Waals surface area (Å²) in [5, 5.41) is 15.3. The van der Waals surface area contributed by atoms with Gasteiger partial charge in [0.25, 0.3) is 0 Å². The Kier molecular flexibility index (Phi) is 4.60. The van der Waals surface area contributed by atoms with E-state index in [1.54, 1.807) is 12.1 Å². The fourth-order valence-corrected chi connectivity index (χ4v) is 1.26. The molecule has 0 heterocycles. The van der Waals surface area contributed by atoms with Gasteiger partial charge in [-0.1, -0.05) is 13.8 Å². The highest BCUT2D eigenvalue weighted by atomic mass is 16.5. The van der Waals surface area contributed by atoms with E-state index < -0.39 is 12.6 Å². The van der Waals surface area contributed by atoms with E-state index in [4.69, 9.17) is 8.85 Å². The van der Waals surface area contributed by atoms with Crippen molar-refractivity contribution in [3.8, 4) is 5.75 Å². The van der Waals surface area contributed by atoms with Crippen LogP contribution in [-0.2, 0) is 4.79 Å². The third-order valence-electron chi connectivity index (χ3n) is 2.14. The smallest absolute Gasteiger partial charge is 0.221 e. The van der Waals surface area contributed by atoms with E-state index >= 15 is 0 Å². The van der Waals surface area contributed by atoms with Crippen molar-refractivity contribution in [2.45, 2.75) is 32.9 Å². The summed E-state index contributed by atoms with van der Waals surface area (Å²) in [5.41, 5.74) is 0.544. The number of benzene rings is 1. The van der Waals surface area contributed by atoms with Gasteiger partial charge in [0.2, 0.25) is 5.91 Å². The van der Waals surface area contributed by atoms with E-state index in [0.717, 1.165) is 0 Å². The number of aliphatic hydroxyl groups is 1. The number of hydrogen-bond acceptors (Lipinski definition) is 4. The van der Waals surface area contributed by atoms with Crippen LogP contribution >= 0.6 is 0 Å². The first kappa shape index (κ1) is 11.3. The molecule has 1 atom stereocenters. The van der Waals surface area contributed by atoms with E-state index in [1.807, 2.05) is 13.8 Å². The molecule has 0 aliphatic rings. The summed E-state index contributed by atoms with van der Waals surface area (Å²) < 4.78 is 28.4. The molecule has 19 heavy (non-hydrogen) atoms. The third kappa shape index (κ3) is 6.79. The second-order valence-electron chi connectivity index (χ2n) is 4.39. The van der Waals surface area contributed by atoms with Gasteiger partial charge in [-0.05, 0) is 24.3 Å². The van der Waals surface area contributed by atoms with E-state index in [1.165, 1.54) is 19.1 Å². The lowest BCUT2D eigenvalue weighted by molar-refractivity contribution is -0.114. The van der Waals surface area contributed by atoms with Gasteiger partial charge >= 0.3 is 0 Å². The molecular weight excluding hydrogens is 244 g/mol. The molecule has 1 aromatic carbocycles. The molecule has 0 spiro atoms. The van der Waals surface area contributed by atoms with Gasteiger partial charge in [-0.2, -0.15) is 0 Å². The summed E-state index contributed by atoms with van der Waals surface area (Å²) in [6.45, 7) is 2.15. The molecule has 1 unspecified atom stereocenters. The largest absolute Gasteiger partial charge is 0.491 e. The molecule has 1 rings (SSSR count). The Labute approximate surface area is 118 Å². The van der Waals surface area contributed by atoms with Gasteiger partial charge in [0.15, 0.2) is 0 Å². The SMILES string of the molecule is [2H]C(O)(CNC(C)C)C([2H])([2H])Oc1ccc(NC(C)=O)cc1. The van der Waals surface area contributed by atoms with Gasteiger partial charge in [0.05, 0.1) is 4.11 Å². The summed E-state index contributed by atoms with van der Waals surface area (Å²) in [4.78, 5) is 10.9. The quantitative estimate of drug-likeness (QED) is 0.699. The van der Waals surface area contributed by atoms with Crippen molar-refractivity contribution in [3.05, 3.63) is 24.3 Å². The minimum atomic E-state index is -2.61. The standard InChI is InChI=1S/C14H22N2O3/c1-10(2)15-8-13(18)9-19-14-6-4-12(5-7-14)16-11(3)17/h4-7,10,13,15,18H,8-9H2,1-3H3,(H,16,17)/i9D2,13D. The van der Waals surface area contributed by atoms with E-state index in [9.17, 15) is 9.90 Å². The number of carbonyl (C=O) groups is 1. The van der Waals surface area contributed by atoms with Crippen molar-refractivity contribution in [3.63, 3.8) is 0 Å². The number of hydrogen-bond donors (Lipinski definition) is 3. The molecule has 0 saturated heterocycles. The molecular formula is C14H22N2O3. The second kappa shape index (κ2) is 7.76. The number of amides is 1. The Morgan fingerprint density at radius 2 is 2.11 bits per heavy atom. The second-order valence-corrected chi connectivity index (χ2v) is 4.39. The Bertz CT molecular complexity index is 505. The molecule has 0 fully saturated rings. The first-order valence-corrected chi connectivity index (χ1v) is 6.06. The number of ether oxygens (including phenoxy) is 1. The molecule has 0 radical (unpaired) electrons. The summed E-state index contributed by atoms with van der Waals surface area (Å²) in [7, 11) is 0. The monoisotopic (exact) mass is 269 g/mol. The minimum absolute atomic E-state index is 0.00427. The van der Waals surface area contributed by atoms with Crippen LogP contribution in [0, 0.1) is 0 Å². The zero-order valence-electron chi connectivity index (χ0n) is 14.4. The predicted octanol–water partition coefficient (Wildman–Crippen LogP) is 1.38. The molecule has 0 aliphatic heterocycles. The zero-order chi connectivity index (χ0) is 17.0. The van der Waals surface area contributed by atoms with Crippen molar-refractivity contribution in [2.75, 3.05) is 18.4 Å². The van der Waals surface area contributed by atoms with E-state index in [0.29, 0.717) is 5.69 Å². The number of rotatable bonds is 7. The fourth-order valence-electron chi connectivity index (χ4n) is 1.26. The van der Waals surface area contributed by atoms with Crippen molar-refractivity contribution >= 4 is 11.6 Å². The average Bonchev–Trinajstić information content (AvgIpc) is 2.38. The first-order valence-electron chi connectivity index (χ1n) is 7.56. The molecule has 0 aromatic heterocycles. The lowest BCUT2D eigenvalue weighted by atomic mass is 10.3. The van der Waals surface area contributed by atoms with Crippen LogP contribution in [0.1, 0.15) is 24.9 Å². The van der Waals surface area contributed by atoms with Crippen LogP contribution in [0.15, 0.2) is 24.3 Å². The van der Waals surface area contributed by atoms with Gasteiger partial charge in [0, 0.05) is 25.2 Å². The Morgan fingerprint density at radius 1 is 1.47 bits per heavy atom. The van der Waals surface area contributed by atoms with Crippen LogP contribution < -0.4 is 15.4 Å². The van der Waals surface area contributed by atoms with Crippen LogP contribution in [0.3, 0.4) is 0 Å². The van der Waals surface area contributed by atoms with Crippen molar-refractivity contribution in [2.24, 2.45) is 0 Å². The molecule has 1 aromatic rings. The molecule has 0 bridgehead atoms. The van der Waals surface area contributed by atoms with Gasteiger partial charge < -0.3 is 20.5 Å². The van der Waals surface area contributed by atoms with Crippen LogP contribution in [0.2, 0.25) is 0 Å². The highest BCUT2D eigenvalue weighted by molar-refractivity contribution is 5.88. The topological polar surface area (TPSA) is 70.6 Å². The highest BCUT2D eigenvalue weighted by Gasteiger charge is 2.06. The zero-order valence-corrected chi connectivity index (χ0v) is 11.4. The van der Waals surface area contributed by atoms with Gasteiger partial charge in [-0.3, -0.25) is 4.79 Å². The summed E-state index contributed by atoms with van der Waals surface area (Å²) in [5.74, 6) is -0.0707. The van der Waals surface area contributed by atoms with Gasteiger partial charge in [-0.25, -0.2) is 0 Å². The maximum atomic E-state index is 10.9. The predicted molar refractivity (Wildman–Crippen MR) is 75.4 cm³/mol. The lowest BCUT2D eigenvalue weighted by Crippen LogP contribution is -2.35. The van der Waals surface area contributed by atoms with E-state index in [-0.39, 0.29) is 24.2 Å². The number of carbonyl (C=O) groups excluding carboxylic acids is 1. The first-order chi connectivity index (χ1) is 10.0. The summed E-state index contributed by atoms with van der Waals surface area (Å²) >= 11 is 0. The van der Waals surface area contributed by atoms with Crippen LogP contribution in [-0.4, -0.2) is 36.2 Å². The molecule has 0 aliphatic carbocycles. The average molecular weight is 269 g/mol. The molecule has 3 N–H and O–H groups in total. The Hall–Kier alpha value is -1.59. The third-order valence-corrected chi connectivity index (χ3v) is 2.14. The van der Waals surface area contributed by atoms with Crippen molar-refractivity contribution in [1.29, 1.82) is 0 Å². The Morgan fingerprint density at radius 3 is 2.63 bits per heavy atom. The molecule has 5 heteroatoms. The van der Waals surface area contributed by atoms with Gasteiger partial charge in [0.1, 0.15) is 18.4 Å². The molecule has 0 saturated carbocycles. The van der Waals surface area contributed by atoms with Gasteiger partial charge in [-0.15, -0.1) is 0 Å².